The van der Waals surface area contributed by atoms with Gasteiger partial charge >= 0.3 is 5.97 Å². The number of carbonyl (C=O) groups excluding carboxylic acids is 1. The molecule has 1 aromatic rings. The summed E-state index contributed by atoms with van der Waals surface area (Å²) in [5, 5.41) is 9.69. The Balaban J connectivity index is 2.31. The molecule has 1 unspecified atom stereocenters. The second-order valence-corrected chi connectivity index (χ2v) is 3.82. The van der Waals surface area contributed by atoms with Crippen LogP contribution in [0.2, 0.25) is 0 Å². The van der Waals surface area contributed by atoms with Crippen molar-refractivity contribution < 1.29 is 14.6 Å². The lowest BCUT2D eigenvalue weighted by Crippen LogP contribution is -2.13. The Morgan fingerprint density at radius 3 is 3.06 bits per heavy atom. The van der Waals surface area contributed by atoms with Crippen LogP contribution in [0, 0.1) is 0 Å². The fourth-order valence-electron chi connectivity index (χ4n) is 1.86. The minimum Gasteiger partial charge on any atom is -0.467 e. The maximum absolute atomic E-state index is 11.2. The maximum Gasteiger partial charge on any atom is 0.339 e. The lowest BCUT2D eigenvalue weighted by atomic mass is 9.94. The summed E-state index contributed by atoms with van der Waals surface area (Å²) >= 11 is 0. The van der Waals surface area contributed by atoms with E-state index in [1.54, 1.807) is 6.07 Å². The van der Waals surface area contributed by atoms with Crippen LogP contribution in [-0.2, 0) is 16.0 Å². The molecule has 1 atom stereocenters. The van der Waals surface area contributed by atoms with Gasteiger partial charge < -0.3 is 9.84 Å². The SMILES string of the molecule is COC(=O)C(O)c1ccc2c(c1)C=CCC2. The van der Waals surface area contributed by atoms with Gasteiger partial charge in [-0.15, -0.1) is 0 Å². The van der Waals surface area contributed by atoms with Gasteiger partial charge in [0, 0.05) is 0 Å². The van der Waals surface area contributed by atoms with Crippen molar-refractivity contribution in [3.63, 3.8) is 0 Å². The monoisotopic (exact) mass is 218 g/mol. The summed E-state index contributed by atoms with van der Waals surface area (Å²) in [6.45, 7) is 0. The van der Waals surface area contributed by atoms with Crippen LogP contribution in [0.5, 0.6) is 0 Å². The number of allylic oxidation sites excluding steroid dienone is 1. The normalized spacial score (nSPS) is 15.4. The molecule has 1 N–H and O–H groups in total. The van der Waals surface area contributed by atoms with Gasteiger partial charge in [-0.2, -0.15) is 0 Å². The lowest BCUT2D eigenvalue weighted by molar-refractivity contribution is -0.150. The van der Waals surface area contributed by atoms with Crippen LogP contribution >= 0.6 is 0 Å². The molecule has 1 aromatic carbocycles. The highest BCUT2D eigenvalue weighted by atomic mass is 16.5. The molecule has 0 aliphatic heterocycles. The second kappa shape index (κ2) is 4.49. The predicted molar refractivity (Wildman–Crippen MR) is 60.8 cm³/mol. The predicted octanol–water partition coefficient (Wildman–Crippen LogP) is 1.85. The van der Waals surface area contributed by atoms with E-state index in [1.165, 1.54) is 12.7 Å². The van der Waals surface area contributed by atoms with Gasteiger partial charge in [-0.05, 0) is 35.6 Å². The van der Waals surface area contributed by atoms with Crippen LogP contribution in [0.15, 0.2) is 24.3 Å². The molecule has 0 amide bonds. The fourth-order valence-corrected chi connectivity index (χ4v) is 1.86. The van der Waals surface area contributed by atoms with E-state index in [9.17, 15) is 9.90 Å². The lowest BCUT2D eigenvalue weighted by Gasteiger charge is -2.14. The Kier molecular flexibility index (Phi) is 3.06. The summed E-state index contributed by atoms with van der Waals surface area (Å²) in [6, 6.07) is 5.58. The third-order valence-corrected chi connectivity index (χ3v) is 2.79. The van der Waals surface area contributed by atoms with Crippen molar-refractivity contribution in [2.45, 2.75) is 18.9 Å². The van der Waals surface area contributed by atoms with E-state index in [4.69, 9.17) is 0 Å². The highest BCUT2D eigenvalue weighted by Gasteiger charge is 2.18. The van der Waals surface area contributed by atoms with Gasteiger partial charge in [0.05, 0.1) is 7.11 Å². The zero-order valence-corrected chi connectivity index (χ0v) is 9.14. The highest BCUT2D eigenvalue weighted by Crippen LogP contribution is 2.23. The molecule has 0 saturated heterocycles. The summed E-state index contributed by atoms with van der Waals surface area (Å²) < 4.78 is 4.50. The van der Waals surface area contributed by atoms with E-state index in [-0.39, 0.29) is 0 Å². The van der Waals surface area contributed by atoms with E-state index in [2.05, 4.69) is 10.8 Å². The maximum atomic E-state index is 11.2. The molecule has 0 saturated carbocycles. The molecule has 1 aliphatic carbocycles. The first-order chi connectivity index (χ1) is 7.72. The number of rotatable bonds is 2. The Bertz CT molecular complexity index is 435. The molecule has 0 spiro atoms. The fraction of sp³-hybridized carbons (Fsp3) is 0.308. The number of methoxy groups -OCH3 is 1. The molecule has 3 heteroatoms. The number of benzene rings is 1. The van der Waals surface area contributed by atoms with Gasteiger partial charge in [-0.3, -0.25) is 0 Å². The second-order valence-electron chi connectivity index (χ2n) is 3.82. The summed E-state index contributed by atoms with van der Waals surface area (Å²) in [6.07, 6.45) is 4.99. The summed E-state index contributed by atoms with van der Waals surface area (Å²) in [7, 11) is 1.27. The van der Waals surface area contributed by atoms with Gasteiger partial charge in [0.2, 0.25) is 0 Å². The molecule has 0 bridgehead atoms. The third-order valence-electron chi connectivity index (χ3n) is 2.79. The minimum atomic E-state index is -1.19. The average molecular weight is 218 g/mol. The number of esters is 1. The Morgan fingerprint density at radius 2 is 2.31 bits per heavy atom. The van der Waals surface area contributed by atoms with Crippen LogP contribution in [-0.4, -0.2) is 18.2 Å². The first-order valence-corrected chi connectivity index (χ1v) is 5.27. The molecule has 0 aromatic heterocycles. The standard InChI is InChI=1S/C13H14O3/c1-16-13(15)12(14)11-7-6-9-4-2-3-5-10(9)8-11/h3,5-8,12,14H,2,4H2,1H3. The Labute approximate surface area is 94.4 Å². The molecule has 0 fully saturated rings. The van der Waals surface area contributed by atoms with E-state index in [1.807, 2.05) is 18.2 Å². The molecular weight excluding hydrogens is 204 g/mol. The average Bonchev–Trinajstić information content (AvgIpc) is 2.36. The zero-order chi connectivity index (χ0) is 11.5. The smallest absolute Gasteiger partial charge is 0.339 e. The molecular formula is C13H14O3. The van der Waals surface area contributed by atoms with E-state index < -0.39 is 12.1 Å². The summed E-state index contributed by atoms with van der Waals surface area (Å²) in [4.78, 5) is 11.2. The largest absolute Gasteiger partial charge is 0.467 e. The topological polar surface area (TPSA) is 46.5 Å². The molecule has 2 rings (SSSR count). The number of hydrogen-bond donors (Lipinski definition) is 1. The number of hydrogen-bond acceptors (Lipinski definition) is 3. The number of aryl methyl sites for hydroxylation is 1. The third kappa shape index (κ3) is 1.99. The zero-order valence-electron chi connectivity index (χ0n) is 9.14. The molecule has 0 radical (unpaired) electrons. The van der Waals surface area contributed by atoms with Crippen LogP contribution in [0.1, 0.15) is 29.2 Å². The van der Waals surface area contributed by atoms with Crippen molar-refractivity contribution in [1.82, 2.24) is 0 Å². The van der Waals surface area contributed by atoms with E-state index >= 15 is 0 Å². The van der Waals surface area contributed by atoms with Crippen LogP contribution in [0.3, 0.4) is 0 Å². The first kappa shape index (κ1) is 10.9. The van der Waals surface area contributed by atoms with Gasteiger partial charge in [0.25, 0.3) is 0 Å². The van der Waals surface area contributed by atoms with Crippen LogP contribution < -0.4 is 0 Å². The van der Waals surface area contributed by atoms with Crippen molar-refractivity contribution in [3.05, 3.63) is 41.0 Å². The van der Waals surface area contributed by atoms with Crippen molar-refractivity contribution in [2.75, 3.05) is 7.11 Å². The van der Waals surface area contributed by atoms with E-state index in [0.29, 0.717) is 5.56 Å². The Morgan fingerprint density at radius 1 is 1.50 bits per heavy atom. The Hall–Kier alpha value is -1.61. The number of fused-ring (bicyclic) bond motifs is 1. The van der Waals surface area contributed by atoms with Crippen LogP contribution in [0.4, 0.5) is 0 Å². The molecule has 0 heterocycles. The van der Waals surface area contributed by atoms with Crippen molar-refractivity contribution in [3.8, 4) is 0 Å². The van der Waals surface area contributed by atoms with Gasteiger partial charge in [0.1, 0.15) is 0 Å². The number of ether oxygens (including phenoxy) is 1. The number of aliphatic hydroxyl groups is 1. The van der Waals surface area contributed by atoms with Gasteiger partial charge in [-0.1, -0.05) is 24.3 Å². The van der Waals surface area contributed by atoms with Gasteiger partial charge in [-0.25, -0.2) is 4.79 Å². The number of aliphatic hydroxyl groups excluding tert-OH is 1. The summed E-state index contributed by atoms with van der Waals surface area (Å²) in [5.41, 5.74) is 2.91. The molecule has 1 aliphatic rings. The van der Waals surface area contributed by atoms with Crippen molar-refractivity contribution in [2.24, 2.45) is 0 Å². The molecule has 16 heavy (non-hydrogen) atoms. The van der Waals surface area contributed by atoms with Crippen LogP contribution in [0.25, 0.3) is 6.08 Å². The highest BCUT2D eigenvalue weighted by molar-refractivity contribution is 5.76. The quantitative estimate of drug-likeness (QED) is 0.770. The van der Waals surface area contributed by atoms with Gasteiger partial charge in [0.15, 0.2) is 6.10 Å². The van der Waals surface area contributed by atoms with Crippen molar-refractivity contribution in [1.29, 1.82) is 0 Å². The number of carbonyl (C=O) groups is 1. The first-order valence-electron chi connectivity index (χ1n) is 5.27. The molecule has 84 valence electrons. The van der Waals surface area contributed by atoms with E-state index in [0.717, 1.165) is 18.4 Å². The van der Waals surface area contributed by atoms with Crippen molar-refractivity contribution >= 4 is 12.0 Å². The molecule has 3 nitrogen and oxygen atoms in total. The summed E-state index contributed by atoms with van der Waals surface area (Å²) in [5.74, 6) is -0.625. The minimum absolute atomic E-state index is 0.581.